The molecule has 0 aromatic carbocycles. The van der Waals surface area contributed by atoms with Gasteiger partial charge >= 0.3 is 0 Å². The van der Waals surface area contributed by atoms with Gasteiger partial charge in [-0.2, -0.15) is 0 Å². The van der Waals surface area contributed by atoms with Crippen LogP contribution in [-0.2, 0) is 6.54 Å². The van der Waals surface area contributed by atoms with Gasteiger partial charge in [0, 0.05) is 25.2 Å². The topological polar surface area (TPSA) is 37.4 Å². The summed E-state index contributed by atoms with van der Waals surface area (Å²) in [6.07, 6.45) is 2.62. The quantitative estimate of drug-likeness (QED) is 0.840. The van der Waals surface area contributed by atoms with Gasteiger partial charge in [-0.15, -0.1) is 0 Å². The van der Waals surface area contributed by atoms with Gasteiger partial charge in [-0.3, -0.25) is 4.90 Å². The first-order valence-electron chi connectivity index (χ1n) is 7.39. The van der Waals surface area contributed by atoms with E-state index in [0.29, 0.717) is 30.1 Å². The van der Waals surface area contributed by atoms with Crippen molar-refractivity contribution in [3.63, 3.8) is 0 Å². The summed E-state index contributed by atoms with van der Waals surface area (Å²) < 4.78 is 5.73. The van der Waals surface area contributed by atoms with E-state index >= 15 is 0 Å². The highest BCUT2D eigenvalue weighted by atomic mass is 35.5. The van der Waals surface area contributed by atoms with E-state index in [1.54, 1.807) is 0 Å². The lowest BCUT2D eigenvalue weighted by Crippen LogP contribution is -2.25. The van der Waals surface area contributed by atoms with Crippen LogP contribution in [0, 0.1) is 0 Å². The summed E-state index contributed by atoms with van der Waals surface area (Å²) in [5.74, 6) is 0.661. The lowest BCUT2D eigenvalue weighted by Gasteiger charge is -2.15. The van der Waals surface area contributed by atoms with Gasteiger partial charge in [-0.25, -0.2) is 4.98 Å². The standard InChI is InChI=1S/C15H24ClN3O/c1-12(2)17-11-14-13(16)5-6-15(18-14)20-10-9-19-7-3-4-8-19/h5-6,12,17H,3-4,7-11H2,1-2H3. The van der Waals surface area contributed by atoms with Crippen LogP contribution in [0.1, 0.15) is 32.4 Å². The molecule has 1 aromatic heterocycles. The minimum Gasteiger partial charge on any atom is -0.476 e. The Hall–Kier alpha value is -0.840. The fourth-order valence-corrected chi connectivity index (χ4v) is 2.43. The molecule has 0 radical (unpaired) electrons. The Morgan fingerprint density at radius 1 is 1.35 bits per heavy atom. The average molecular weight is 298 g/mol. The van der Waals surface area contributed by atoms with Crippen molar-refractivity contribution in [1.29, 1.82) is 0 Å². The fourth-order valence-electron chi connectivity index (χ4n) is 2.26. The third-order valence-electron chi connectivity index (χ3n) is 3.43. The molecule has 0 aliphatic carbocycles. The number of hydrogen-bond donors (Lipinski definition) is 1. The van der Waals surface area contributed by atoms with E-state index in [1.165, 1.54) is 25.9 Å². The summed E-state index contributed by atoms with van der Waals surface area (Å²) in [7, 11) is 0. The first kappa shape index (κ1) is 15.5. The molecule has 112 valence electrons. The van der Waals surface area contributed by atoms with Crippen LogP contribution >= 0.6 is 11.6 Å². The second kappa shape index (κ2) is 7.81. The molecule has 0 spiro atoms. The van der Waals surface area contributed by atoms with Crippen LogP contribution < -0.4 is 10.1 Å². The maximum Gasteiger partial charge on any atom is 0.213 e. The first-order valence-corrected chi connectivity index (χ1v) is 7.77. The number of halogens is 1. The molecule has 0 bridgehead atoms. The zero-order valence-electron chi connectivity index (χ0n) is 12.4. The summed E-state index contributed by atoms with van der Waals surface area (Å²) in [6, 6.07) is 4.11. The summed E-state index contributed by atoms with van der Waals surface area (Å²) in [6.45, 7) is 8.92. The Bertz CT molecular complexity index is 420. The number of rotatable bonds is 7. The summed E-state index contributed by atoms with van der Waals surface area (Å²) in [5.41, 5.74) is 0.846. The first-order chi connectivity index (χ1) is 9.65. The highest BCUT2D eigenvalue weighted by molar-refractivity contribution is 6.31. The van der Waals surface area contributed by atoms with Gasteiger partial charge in [0.2, 0.25) is 5.88 Å². The predicted molar refractivity (Wildman–Crippen MR) is 82.4 cm³/mol. The van der Waals surface area contributed by atoms with Crippen molar-refractivity contribution in [3.05, 3.63) is 22.8 Å². The number of ether oxygens (including phenoxy) is 1. The molecule has 1 aliphatic rings. The van der Waals surface area contributed by atoms with Gasteiger partial charge in [-0.1, -0.05) is 25.4 Å². The van der Waals surface area contributed by atoms with Crippen LogP contribution in [-0.4, -0.2) is 42.2 Å². The van der Waals surface area contributed by atoms with E-state index in [9.17, 15) is 0 Å². The van der Waals surface area contributed by atoms with Crippen LogP contribution in [0.25, 0.3) is 0 Å². The summed E-state index contributed by atoms with van der Waals surface area (Å²) in [5, 5.41) is 4.01. The number of likely N-dealkylation sites (tertiary alicyclic amines) is 1. The monoisotopic (exact) mass is 297 g/mol. The maximum absolute atomic E-state index is 6.15. The van der Waals surface area contributed by atoms with Crippen LogP contribution in [0.2, 0.25) is 5.02 Å². The van der Waals surface area contributed by atoms with Gasteiger partial charge < -0.3 is 10.1 Å². The normalized spacial score (nSPS) is 16.0. The van der Waals surface area contributed by atoms with Crippen LogP contribution in [0.5, 0.6) is 5.88 Å². The Balaban J connectivity index is 1.82. The van der Waals surface area contributed by atoms with Gasteiger partial charge in [0.05, 0.1) is 10.7 Å². The molecule has 0 atom stereocenters. The molecule has 1 saturated heterocycles. The highest BCUT2D eigenvalue weighted by Gasteiger charge is 2.11. The summed E-state index contributed by atoms with van der Waals surface area (Å²) >= 11 is 6.15. The SMILES string of the molecule is CC(C)NCc1nc(OCCN2CCCC2)ccc1Cl. The van der Waals surface area contributed by atoms with Gasteiger partial charge in [-0.05, 0) is 32.0 Å². The van der Waals surface area contributed by atoms with E-state index in [-0.39, 0.29) is 0 Å². The number of pyridine rings is 1. The Morgan fingerprint density at radius 2 is 2.10 bits per heavy atom. The molecule has 1 aliphatic heterocycles. The average Bonchev–Trinajstić information content (AvgIpc) is 2.92. The molecule has 0 amide bonds. The lowest BCUT2D eigenvalue weighted by molar-refractivity contribution is 0.231. The van der Waals surface area contributed by atoms with Crippen LogP contribution in [0.3, 0.4) is 0 Å². The van der Waals surface area contributed by atoms with Gasteiger partial charge in [0.25, 0.3) is 0 Å². The van der Waals surface area contributed by atoms with E-state index < -0.39 is 0 Å². The Morgan fingerprint density at radius 3 is 2.80 bits per heavy atom. The molecule has 2 heterocycles. The highest BCUT2D eigenvalue weighted by Crippen LogP contribution is 2.18. The minimum absolute atomic E-state index is 0.410. The van der Waals surface area contributed by atoms with Crippen molar-refractivity contribution in [2.24, 2.45) is 0 Å². The molecule has 1 fully saturated rings. The van der Waals surface area contributed by atoms with Crippen molar-refractivity contribution >= 4 is 11.6 Å². The van der Waals surface area contributed by atoms with Crippen molar-refractivity contribution < 1.29 is 4.74 Å². The molecule has 0 saturated carbocycles. The molecule has 5 heteroatoms. The number of aromatic nitrogens is 1. The number of nitrogens with one attached hydrogen (secondary N) is 1. The predicted octanol–water partition coefficient (Wildman–Crippen LogP) is 2.71. The smallest absolute Gasteiger partial charge is 0.213 e. The third-order valence-corrected chi connectivity index (χ3v) is 3.77. The van der Waals surface area contributed by atoms with E-state index in [2.05, 4.69) is 29.0 Å². The minimum atomic E-state index is 0.410. The van der Waals surface area contributed by atoms with E-state index in [0.717, 1.165) is 12.2 Å². The molecule has 0 unspecified atom stereocenters. The zero-order chi connectivity index (χ0) is 14.4. The van der Waals surface area contributed by atoms with E-state index in [1.807, 2.05) is 12.1 Å². The van der Waals surface area contributed by atoms with Crippen LogP contribution in [0.4, 0.5) is 0 Å². The number of nitrogens with zero attached hydrogens (tertiary/aromatic N) is 2. The van der Waals surface area contributed by atoms with Crippen molar-refractivity contribution in [2.75, 3.05) is 26.2 Å². The molecule has 2 rings (SSSR count). The Labute approximate surface area is 126 Å². The second-order valence-electron chi connectivity index (χ2n) is 5.51. The van der Waals surface area contributed by atoms with Gasteiger partial charge in [0.1, 0.15) is 6.61 Å². The molecule has 1 aromatic rings. The summed E-state index contributed by atoms with van der Waals surface area (Å²) in [4.78, 5) is 6.90. The van der Waals surface area contributed by atoms with Crippen molar-refractivity contribution in [1.82, 2.24) is 15.2 Å². The fraction of sp³-hybridized carbons (Fsp3) is 0.667. The van der Waals surface area contributed by atoms with Crippen molar-refractivity contribution in [2.45, 2.75) is 39.3 Å². The molecule has 4 nitrogen and oxygen atoms in total. The number of hydrogen-bond acceptors (Lipinski definition) is 4. The van der Waals surface area contributed by atoms with Gasteiger partial charge in [0.15, 0.2) is 0 Å². The zero-order valence-corrected chi connectivity index (χ0v) is 13.1. The van der Waals surface area contributed by atoms with Crippen molar-refractivity contribution in [3.8, 4) is 5.88 Å². The molecular formula is C15H24ClN3O. The Kier molecular flexibility index (Phi) is 6.07. The second-order valence-corrected chi connectivity index (χ2v) is 5.92. The molecule has 20 heavy (non-hydrogen) atoms. The molecular weight excluding hydrogens is 274 g/mol. The molecule has 1 N–H and O–H groups in total. The maximum atomic E-state index is 6.15. The van der Waals surface area contributed by atoms with Crippen LogP contribution in [0.15, 0.2) is 12.1 Å². The lowest BCUT2D eigenvalue weighted by atomic mass is 10.3. The third kappa shape index (κ3) is 4.93. The largest absolute Gasteiger partial charge is 0.476 e. The van der Waals surface area contributed by atoms with E-state index in [4.69, 9.17) is 16.3 Å².